The van der Waals surface area contributed by atoms with Gasteiger partial charge in [-0.3, -0.25) is 10.1 Å². The molecule has 1 unspecified atom stereocenters. The van der Waals surface area contributed by atoms with Crippen molar-refractivity contribution in [2.75, 3.05) is 6.54 Å². The molecular weight excluding hydrogens is 138 g/mol. The van der Waals surface area contributed by atoms with Crippen LogP contribution >= 0.6 is 0 Å². The smallest absolute Gasteiger partial charge is 0.326 e. The Morgan fingerprint density at radius 3 is 2.40 bits per heavy atom. The molecule has 1 aliphatic heterocycles. The summed E-state index contributed by atoms with van der Waals surface area (Å²) in [6.45, 7) is 0.323. The second-order valence-corrected chi connectivity index (χ2v) is 2.35. The van der Waals surface area contributed by atoms with Crippen LogP contribution in [0.2, 0.25) is 0 Å². The monoisotopic (exact) mass is 147 g/mol. The van der Waals surface area contributed by atoms with Crippen molar-refractivity contribution in [3.8, 4) is 0 Å². The van der Waals surface area contributed by atoms with E-state index in [0.29, 0.717) is 6.54 Å². The summed E-state index contributed by atoms with van der Waals surface area (Å²) < 4.78 is 0. The van der Waals surface area contributed by atoms with Crippen molar-refractivity contribution in [3.05, 3.63) is 0 Å². The summed E-state index contributed by atoms with van der Waals surface area (Å²) in [5.74, 6) is -3.31. The molecule has 0 amide bonds. The number of aliphatic hydroxyl groups is 2. The Morgan fingerprint density at radius 2 is 2.20 bits per heavy atom. The molecule has 5 nitrogen and oxygen atoms in total. The first kappa shape index (κ1) is 7.46. The van der Waals surface area contributed by atoms with E-state index in [0.717, 1.165) is 0 Å². The summed E-state index contributed by atoms with van der Waals surface area (Å²) >= 11 is 0. The molecule has 0 aromatic rings. The van der Waals surface area contributed by atoms with E-state index in [1.54, 1.807) is 0 Å². The van der Waals surface area contributed by atoms with Crippen LogP contribution < -0.4 is 5.32 Å². The quantitative estimate of drug-likeness (QED) is 0.326. The van der Waals surface area contributed by atoms with E-state index in [1.807, 2.05) is 0 Å². The Morgan fingerprint density at radius 1 is 1.60 bits per heavy atom. The molecule has 4 N–H and O–H groups in total. The van der Waals surface area contributed by atoms with E-state index < -0.39 is 17.8 Å². The van der Waals surface area contributed by atoms with E-state index in [2.05, 4.69) is 5.32 Å². The third-order valence-corrected chi connectivity index (χ3v) is 1.55. The van der Waals surface area contributed by atoms with Gasteiger partial charge in [0.05, 0.1) is 0 Å². The number of hydrogen-bond acceptors (Lipinski definition) is 4. The predicted molar refractivity (Wildman–Crippen MR) is 31.2 cm³/mol. The second-order valence-electron chi connectivity index (χ2n) is 2.35. The summed E-state index contributed by atoms with van der Waals surface area (Å²) in [4.78, 5) is 10.2. The maximum atomic E-state index is 10.2. The Labute approximate surface area is 57.3 Å². The van der Waals surface area contributed by atoms with Crippen molar-refractivity contribution in [1.29, 1.82) is 0 Å². The molecule has 0 aromatic heterocycles. The molecule has 1 saturated heterocycles. The van der Waals surface area contributed by atoms with E-state index in [-0.39, 0.29) is 6.42 Å². The molecule has 0 saturated carbocycles. The van der Waals surface area contributed by atoms with Gasteiger partial charge in [-0.1, -0.05) is 0 Å². The molecule has 0 bridgehead atoms. The molecule has 1 fully saturated rings. The van der Waals surface area contributed by atoms with Gasteiger partial charge in [0.25, 0.3) is 0 Å². The summed E-state index contributed by atoms with van der Waals surface area (Å²) in [5.41, 5.74) is 0. The number of carboxylic acid groups (broad SMARTS) is 1. The van der Waals surface area contributed by atoms with Crippen LogP contribution in [0, 0.1) is 0 Å². The number of hydrogen-bond donors (Lipinski definition) is 4. The zero-order valence-electron chi connectivity index (χ0n) is 5.24. The van der Waals surface area contributed by atoms with Crippen molar-refractivity contribution < 1.29 is 20.1 Å². The van der Waals surface area contributed by atoms with Crippen LogP contribution in [0.4, 0.5) is 0 Å². The van der Waals surface area contributed by atoms with E-state index >= 15 is 0 Å². The standard InChI is InChI=1S/C5H9NO4/c7-4(8)3-5(9,10)1-2-6-3/h3,6,9-10H,1-2H2,(H,7,8). The van der Waals surface area contributed by atoms with Crippen LogP contribution in [0.1, 0.15) is 6.42 Å². The van der Waals surface area contributed by atoms with Gasteiger partial charge in [0.1, 0.15) is 0 Å². The molecule has 0 aliphatic carbocycles. The minimum Gasteiger partial charge on any atom is -0.480 e. The summed E-state index contributed by atoms with van der Waals surface area (Å²) in [5, 5.41) is 28.7. The molecule has 1 aliphatic rings. The zero-order valence-corrected chi connectivity index (χ0v) is 5.24. The van der Waals surface area contributed by atoms with Crippen molar-refractivity contribution in [1.82, 2.24) is 5.32 Å². The fraction of sp³-hybridized carbons (Fsp3) is 0.800. The van der Waals surface area contributed by atoms with Gasteiger partial charge < -0.3 is 15.3 Å². The molecular formula is C5H9NO4. The van der Waals surface area contributed by atoms with Gasteiger partial charge >= 0.3 is 5.97 Å². The highest BCUT2D eigenvalue weighted by atomic mass is 16.5. The van der Waals surface area contributed by atoms with Gasteiger partial charge in [0.2, 0.25) is 0 Å². The number of aliphatic carboxylic acids is 1. The predicted octanol–water partition coefficient (Wildman–Crippen LogP) is -1.89. The number of carboxylic acids is 1. The first-order valence-electron chi connectivity index (χ1n) is 2.95. The lowest BCUT2D eigenvalue weighted by atomic mass is 10.1. The second kappa shape index (κ2) is 2.19. The minimum atomic E-state index is -2.08. The molecule has 0 spiro atoms. The molecule has 10 heavy (non-hydrogen) atoms. The van der Waals surface area contributed by atoms with E-state index in [4.69, 9.17) is 15.3 Å². The Bertz CT molecular complexity index is 156. The average molecular weight is 147 g/mol. The van der Waals surface area contributed by atoms with Gasteiger partial charge in [-0.2, -0.15) is 0 Å². The highest BCUT2D eigenvalue weighted by molar-refractivity contribution is 5.75. The van der Waals surface area contributed by atoms with Gasteiger partial charge in [0.15, 0.2) is 11.8 Å². The highest BCUT2D eigenvalue weighted by Gasteiger charge is 2.43. The lowest BCUT2D eigenvalue weighted by Gasteiger charge is -2.18. The molecule has 1 heterocycles. The largest absolute Gasteiger partial charge is 0.480 e. The van der Waals surface area contributed by atoms with Gasteiger partial charge in [-0.05, 0) is 0 Å². The zero-order chi connectivity index (χ0) is 7.78. The van der Waals surface area contributed by atoms with Crippen LogP contribution in [-0.2, 0) is 4.79 Å². The van der Waals surface area contributed by atoms with Crippen LogP contribution in [-0.4, -0.2) is 39.7 Å². The molecule has 0 radical (unpaired) electrons. The molecule has 5 heteroatoms. The maximum absolute atomic E-state index is 10.2. The molecule has 58 valence electrons. The third kappa shape index (κ3) is 1.11. The van der Waals surface area contributed by atoms with Crippen molar-refractivity contribution in [3.63, 3.8) is 0 Å². The van der Waals surface area contributed by atoms with Crippen LogP contribution in [0.3, 0.4) is 0 Å². The Kier molecular flexibility index (Phi) is 1.63. The third-order valence-electron chi connectivity index (χ3n) is 1.55. The fourth-order valence-corrected chi connectivity index (χ4v) is 0.993. The van der Waals surface area contributed by atoms with Crippen molar-refractivity contribution in [2.45, 2.75) is 18.2 Å². The van der Waals surface area contributed by atoms with Crippen LogP contribution in [0.15, 0.2) is 0 Å². The fourth-order valence-electron chi connectivity index (χ4n) is 0.993. The first-order chi connectivity index (χ1) is 4.54. The first-order valence-corrected chi connectivity index (χ1v) is 2.95. The van der Waals surface area contributed by atoms with Gasteiger partial charge in [-0.25, -0.2) is 0 Å². The number of carbonyl (C=O) groups is 1. The van der Waals surface area contributed by atoms with E-state index in [1.165, 1.54) is 0 Å². The normalized spacial score (nSPS) is 30.4. The highest BCUT2D eigenvalue weighted by Crippen LogP contribution is 2.17. The molecule has 1 atom stereocenters. The van der Waals surface area contributed by atoms with Crippen molar-refractivity contribution >= 4 is 5.97 Å². The minimum absolute atomic E-state index is 0.0595. The van der Waals surface area contributed by atoms with Gasteiger partial charge in [-0.15, -0.1) is 0 Å². The van der Waals surface area contributed by atoms with E-state index in [9.17, 15) is 4.79 Å². The Hall–Kier alpha value is -0.650. The summed E-state index contributed by atoms with van der Waals surface area (Å²) in [7, 11) is 0. The topological polar surface area (TPSA) is 89.8 Å². The summed E-state index contributed by atoms with van der Waals surface area (Å²) in [6, 6.07) is -1.24. The van der Waals surface area contributed by atoms with Crippen LogP contribution in [0.25, 0.3) is 0 Å². The maximum Gasteiger partial charge on any atom is 0.326 e. The number of nitrogens with one attached hydrogen (secondary N) is 1. The van der Waals surface area contributed by atoms with Crippen molar-refractivity contribution in [2.24, 2.45) is 0 Å². The van der Waals surface area contributed by atoms with Crippen LogP contribution in [0.5, 0.6) is 0 Å². The molecule has 0 aromatic carbocycles. The molecule has 1 rings (SSSR count). The van der Waals surface area contributed by atoms with Gasteiger partial charge in [0, 0.05) is 13.0 Å². The summed E-state index contributed by atoms with van der Waals surface area (Å²) in [6.07, 6.45) is 0.0595. The SMILES string of the molecule is O=C(O)C1NCCC1(O)O. The lowest BCUT2D eigenvalue weighted by molar-refractivity contribution is -0.182. The Balaban J connectivity index is 2.68. The number of rotatable bonds is 1. The average Bonchev–Trinajstić information content (AvgIpc) is 2.08. The lowest BCUT2D eigenvalue weighted by Crippen LogP contribution is -2.48.